The fourth-order valence-electron chi connectivity index (χ4n) is 2.23. The minimum atomic E-state index is -3.36. The molecule has 0 aliphatic carbocycles. The molecule has 21 heavy (non-hydrogen) atoms. The lowest BCUT2D eigenvalue weighted by Gasteiger charge is -2.32. The van der Waals surface area contributed by atoms with Crippen molar-refractivity contribution in [3.63, 3.8) is 0 Å². The van der Waals surface area contributed by atoms with Crippen LogP contribution in [0.5, 0.6) is 0 Å². The summed E-state index contributed by atoms with van der Waals surface area (Å²) in [5.74, 6) is 0. The Morgan fingerprint density at radius 1 is 1.14 bits per heavy atom. The van der Waals surface area contributed by atoms with Crippen LogP contribution in [-0.4, -0.2) is 50.3 Å². The fourth-order valence-corrected chi connectivity index (χ4v) is 3.40. The predicted octanol–water partition coefficient (Wildman–Crippen LogP) is 1.52. The van der Waals surface area contributed by atoms with E-state index in [2.05, 4.69) is 11.0 Å². The maximum atomic E-state index is 12.2. The molecule has 0 radical (unpaired) electrons. The maximum Gasteiger partial charge on any atom is 0.236 e. The number of sulfonamides is 1. The van der Waals surface area contributed by atoms with E-state index in [0.717, 1.165) is 5.56 Å². The third-order valence-corrected chi connectivity index (χ3v) is 5.03. The summed E-state index contributed by atoms with van der Waals surface area (Å²) in [5, 5.41) is 9.84. The van der Waals surface area contributed by atoms with Crippen LogP contribution >= 0.6 is 0 Å². The first-order chi connectivity index (χ1) is 10.1. The van der Waals surface area contributed by atoms with E-state index >= 15 is 0 Å². The summed E-state index contributed by atoms with van der Waals surface area (Å²) in [7, 11) is -3.36. The van der Waals surface area contributed by atoms with Crippen molar-refractivity contribution in [2.45, 2.75) is 6.42 Å². The number of hydrogen-bond donors (Lipinski definition) is 0. The second kappa shape index (κ2) is 7.36. The van der Waals surface area contributed by atoms with E-state index in [4.69, 9.17) is 5.26 Å². The zero-order valence-corrected chi connectivity index (χ0v) is 12.7. The topological polar surface area (TPSA) is 64.4 Å². The second-order valence-electron chi connectivity index (χ2n) is 4.91. The van der Waals surface area contributed by atoms with Crippen molar-refractivity contribution in [3.05, 3.63) is 41.3 Å². The highest BCUT2D eigenvalue weighted by Gasteiger charge is 2.24. The Morgan fingerprint density at radius 2 is 1.81 bits per heavy atom. The second-order valence-corrected chi connectivity index (χ2v) is 6.73. The molecule has 0 saturated carbocycles. The van der Waals surface area contributed by atoms with Gasteiger partial charge in [0, 0.05) is 44.6 Å². The predicted molar refractivity (Wildman–Crippen MR) is 82.6 cm³/mol. The zero-order chi connectivity index (χ0) is 15.1. The van der Waals surface area contributed by atoms with Crippen LogP contribution < -0.4 is 0 Å². The van der Waals surface area contributed by atoms with E-state index in [1.807, 2.05) is 30.3 Å². The molecule has 1 aliphatic heterocycles. The number of hydrogen-bond acceptors (Lipinski definition) is 4. The molecular formula is C15H19N3O2S. The van der Waals surface area contributed by atoms with Crippen molar-refractivity contribution >= 4 is 16.1 Å². The van der Waals surface area contributed by atoms with Crippen molar-refractivity contribution in [1.82, 2.24) is 9.21 Å². The number of nitrogens with zero attached hydrogens (tertiary/aromatic N) is 3. The van der Waals surface area contributed by atoms with Gasteiger partial charge in [-0.1, -0.05) is 30.3 Å². The zero-order valence-electron chi connectivity index (χ0n) is 11.9. The average Bonchev–Trinajstić information content (AvgIpc) is 2.52. The molecule has 1 aromatic carbocycles. The van der Waals surface area contributed by atoms with Crippen molar-refractivity contribution < 1.29 is 8.42 Å². The van der Waals surface area contributed by atoms with Crippen molar-refractivity contribution in [1.29, 1.82) is 5.26 Å². The summed E-state index contributed by atoms with van der Waals surface area (Å²) in [6.45, 7) is 3.03. The molecule has 1 aliphatic rings. The summed E-state index contributed by atoms with van der Waals surface area (Å²) in [6.07, 6.45) is 2.11. The van der Waals surface area contributed by atoms with Crippen LogP contribution in [0.2, 0.25) is 0 Å². The number of nitriles is 1. The first kappa shape index (κ1) is 15.7. The molecule has 2 rings (SSSR count). The third kappa shape index (κ3) is 4.67. The van der Waals surface area contributed by atoms with Gasteiger partial charge in [-0.25, -0.2) is 8.42 Å². The minimum Gasteiger partial charge on any atom is -0.300 e. The Kier molecular flexibility index (Phi) is 5.51. The SMILES string of the molecule is N#CCCN1CCN(S(=O)(=O)/C=C/c2ccccc2)CC1. The van der Waals surface area contributed by atoms with E-state index < -0.39 is 10.0 Å². The van der Waals surface area contributed by atoms with E-state index in [1.165, 1.54) is 9.71 Å². The monoisotopic (exact) mass is 305 g/mol. The number of piperazine rings is 1. The van der Waals surface area contributed by atoms with Crippen molar-refractivity contribution in [3.8, 4) is 6.07 Å². The standard InChI is InChI=1S/C15H19N3O2S/c16-8-4-9-17-10-12-18(13-11-17)21(19,20)14-7-15-5-2-1-3-6-15/h1-3,5-7,14H,4,9-13H2/b14-7+. The molecule has 1 saturated heterocycles. The van der Waals surface area contributed by atoms with Gasteiger partial charge in [-0.15, -0.1) is 0 Å². The molecule has 5 nitrogen and oxygen atoms in total. The molecule has 0 spiro atoms. The van der Waals surface area contributed by atoms with Gasteiger partial charge >= 0.3 is 0 Å². The van der Waals surface area contributed by atoms with Gasteiger partial charge in [0.05, 0.1) is 6.07 Å². The molecule has 112 valence electrons. The first-order valence-corrected chi connectivity index (χ1v) is 8.45. The molecule has 1 heterocycles. The Bertz CT molecular complexity index is 612. The summed E-state index contributed by atoms with van der Waals surface area (Å²) in [5.41, 5.74) is 0.869. The van der Waals surface area contributed by atoms with Gasteiger partial charge in [0.15, 0.2) is 0 Å². The molecule has 0 bridgehead atoms. The van der Waals surface area contributed by atoms with Crippen molar-refractivity contribution in [2.24, 2.45) is 0 Å². The average molecular weight is 305 g/mol. The summed E-state index contributed by atoms with van der Waals surface area (Å²) >= 11 is 0. The van der Waals surface area contributed by atoms with Crippen LogP contribution in [0.1, 0.15) is 12.0 Å². The lowest BCUT2D eigenvalue weighted by molar-refractivity contribution is 0.193. The molecule has 0 amide bonds. The largest absolute Gasteiger partial charge is 0.300 e. The van der Waals surface area contributed by atoms with E-state index in [1.54, 1.807) is 6.08 Å². The Balaban J connectivity index is 1.93. The Labute approximate surface area is 126 Å². The maximum absolute atomic E-state index is 12.2. The lowest BCUT2D eigenvalue weighted by Crippen LogP contribution is -2.48. The minimum absolute atomic E-state index is 0.479. The lowest BCUT2D eigenvalue weighted by atomic mass is 10.2. The van der Waals surface area contributed by atoms with Gasteiger partial charge in [0.25, 0.3) is 0 Å². The molecule has 0 N–H and O–H groups in total. The van der Waals surface area contributed by atoms with E-state index in [9.17, 15) is 8.42 Å². The Hall–Kier alpha value is -1.68. The summed E-state index contributed by atoms with van der Waals surface area (Å²) in [4.78, 5) is 2.12. The molecular weight excluding hydrogens is 286 g/mol. The van der Waals surface area contributed by atoms with Gasteiger partial charge in [-0.05, 0) is 11.6 Å². The molecule has 0 unspecified atom stereocenters. The smallest absolute Gasteiger partial charge is 0.236 e. The quantitative estimate of drug-likeness (QED) is 0.827. The van der Waals surface area contributed by atoms with Crippen molar-refractivity contribution in [2.75, 3.05) is 32.7 Å². The Morgan fingerprint density at radius 3 is 2.43 bits per heavy atom. The van der Waals surface area contributed by atoms with Crippen LogP contribution in [0.25, 0.3) is 6.08 Å². The molecule has 6 heteroatoms. The van der Waals surface area contributed by atoms with Gasteiger partial charge in [0.2, 0.25) is 10.0 Å². The van der Waals surface area contributed by atoms with E-state index in [0.29, 0.717) is 39.1 Å². The fraction of sp³-hybridized carbons (Fsp3) is 0.400. The third-order valence-electron chi connectivity index (χ3n) is 3.46. The summed E-state index contributed by atoms with van der Waals surface area (Å²) < 4.78 is 26.0. The first-order valence-electron chi connectivity index (χ1n) is 6.94. The number of rotatable bonds is 5. The molecule has 1 aromatic rings. The van der Waals surface area contributed by atoms with Crippen LogP contribution in [0, 0.1) is 11.3 Å². The van der Waals surface area contributed by atoms with Crippen LogP contribution in [0.3, 0.4) is 0 Å². The highest BCUT2D eigenvalue weighted by molar-refractivity contribution is 7.92. The van der Waals surface area contributed by atoms with Gasteiger partial charge in [-0.2, -0.15) is 9.57 Å². The van der Waals surface area contributed by atoms with Gasteiger partial charge in [0.1, 0.15) is 0 Å². The number of benzene rings is 1. The molecule has 1 fully saturated rings. The normalized spacial score (nSPS) is 17.9. The van der Waals surface area contributed by atoms with Crippen LogP contribution in [-0.2, 0) is 10.0 Å². The van der Waals surface area contributed by atoms with E-state index in [-0.39, 0.29) is 0 Å². The highest BCUT2D eigenvalue weighted by atomic mass is 32.2. The highest BCUT2D eigenvalue weighted by Crippen LogP contribution is 2.11. The van der Waals surface area contributed by atoms with Crippen LogP contribution in [0.15, 0.2) is 35.7 Å². The summed E-state index contributed by atoms with van der Waals surface area (Å²) in [6, 6.07) is 11.5. The molecule has 0 aromatic heterocycles. The van der Waals surface area contributed by atoms with Gasteiger partial charge in [-0.3, -0.25) is 4.90 Å². The van der Waals surface area contributed by atoms with Gasteiger partial charge < -0.3 is 0 Å². The molecule has 0 atom stereocenters. The van der Waals surface area contributed by atoms with Crippen LogP contribution in [0.4, 0.5) is 0 Å².